The van der Waals surface area contributed by atoms with Gasteiger partial charge in [0.25, 0.3) is 0 Å². The molecule has 0 unspecified atom stereocenters. The van der Waals surface area contributed by atoms with Crippen molar-refractivity contribution >= 4 is 12.6 Å². The van der Waals surface area contributed by atoms with Gasteiger partial charge in [0.2, 0.25) is 0 Å². The first-order chi connectivity index (χ1) is 8.06. The molecule has 0 radical (unpaired) electrons. The zero-order chi connectivity index (χ0) is 12.9. The molecule has 1 fully saturated rings. The summed E-state index contributed by atoms with van der Waals surface area (Å²) < 4.78 is 0. The first kappa shape index (κ1) is 15.4. The Bertz CT molecular complexity index is 201. The van der Waals surface area contributed by atoms with Gasteiger partial charge in [0.05, 0.1) is 0 Å². The summed E-state index contributed by atoms with van der Waals surface area (Å²) in [6, 6.07) is 0.773. The van der Waals surface area contributed by atoms with Crippen molar-refractivity contribution in [3.8, 4) is 0 Å². The van der Waals surface area contributed by atoms with Gasteiger partial charge < -0.3 is 0 Å². The van der Waals surface area contributed by atoms with Crippen LogP contribution in [-0.4, -0.2) is 29.8 Å². The van der Waals surface area contributed by atoms with E-state index in [-0.39, 0.29) is 0 Å². The molecule has 2 heteroatoms. The molecule has 0 spiro atoms. The maximum atomic E-state index is 4.60. The Morgan fingerprint density at radius 1 is 1.18 bits per heavy atom. The van der Waals surface area contributed by atoms with Crippen LogP contribution in [0.2, 0.25) is 0 Å². The topological polar surface area (TPSA) is 3.24 Å². The van der Waals surface area contributed by atoms with Gasteiger partial charge in [-0.3, -0.25) is 4.90 Å². The van der Waals surface area contributed by atoms with E-state index in [2.05, 4.69) is 45.2 Å². The van der Waals surface area contributed by atoms with Crippen molar-refractivity contribution in [3.05, 3.63) is 0 Å². The summed E-state index contributed by atoms with van der Waals surface area (Å²) in [6.07, 6.45) is 6.77. The number of thiol groups is 1. The minimum Gasteiger partial charge on any atom is -0.300 e. The van der Waals surface area contributed by atoms with E-state index in [4.69, 9.17) is 0 Å². The maximum Gasteiger partial charge on any atom is 0.00903 e. The van der Waals surface area contributed by atoms with Crippen LogP contribution in [0, 0.1) is 11.3 Å². The molecule has 1 nitrogen and oxygen atoms in total. The Balaban J connectivity index is 2.61. The van der Waals surface area contributed by atoms with E-state index in [1.807, 2.05) is 0 Å². The van der Waals surface area contributed by atoms with Gasteiger partial charge in [-0.1, -0.05) is 34.1 Å². The molecule has 17 heavy (non-hydrogen) atoms. The Labute approximate surface area is 114 Å². The normalized spacial score (nSPS) is 19.1. The van der Waals surface area contributed by atoms with Crippen LogP contribution in [0.3, 0.4) is 0 Å². The number of nitrogens with zero attached hydrogens (tertiary/aromatic N) is 1. The fourth-order valence-corrected chi connectivity index (χ4v) is 3.51. The Morgan fingerprint density at radius 3 is 2.06 bits per heavy atom. The smallest absolute Gasteiger partial charge is 0.00903 e. The van der Waals surface area contributed by atoms with Gasteiger partial charge in [-0.2, -0.15) is 12.6 Å². The maximum absolute atomic E-state index is 4.60. The zero-order valence-corrected chi connectivity index (χ0v) is 13.1. The predicted molar refractivity (Wildman–Crippen MR) is 80.9 cm³/mol. The molecule has 1 aliphatic rings. The average Bonchev–Trinajstić information content (AvgIpc) is 2.24. The highest BCUT2D eigenvalue weighted by Crippen LogP contribution is 2.43. The van der Waals surface area contributed by atoms with Gasteiger partial charge in [0, 0.05) is 19.1 Å². The van der Waals surface area contributed by atoms with Crippen molar-refractivity contribution in [3.63, 3.8) is 0 Å². The molecule has 0 bridgehead atoms. The SMILES string of the molecule is CCC(CC)N(CC(C)C)CC1(CS)CCC1. The van der Waals surface area contributed by atoms with Gasteiger partial charge in [-0.05, 0) is 42.8 Å². The molecule has 0 aliphatic heterocycles. The van der Waals surface area contributed by atoms with Crippen molar-refractivity contribution in [1.29, 1.82) is 0 Å². The molecule has 0 heterocycles. The van der Waals surface area contributed by atoms with Gasteiger partial charge in [0.1, 0.15) is 0 Å². The molecule has 0 aromatic heterocycles. The molecule has 102 valence electrons. The third kappa shape index (κ3) is 4.17. The van der Waals surface area contributed by atoms with Crippen LogP contribution in [-0.2, 0) is 0 Å². The van der Waals surface area contributed by atoms with E-state index in [0.717, 1.165) is 17.7 Å². The lowest BCUT2D eigenvalue weighted by Gasteiger charge is -2.46. The predicted octanol–water partition coefficient (Wildman–Crippen LogP) is 4.23. The molecular formula is C15H31NS. The van der Waals surface area contributed by atoms with E-state index >= 15 is 0 Å². The largest absolute Gasteiger partial charge is 0.300 e. The molecule has 1 aliphatic carbocycles. The van der Waals surface area contributed by atoms with Gasteiger partial charge in [-0.25, -0.2) is 0 Å². The highest BCUT2D eigenvalue weighted by Gasteiger charge is 2.38. The summed E-state index contributed by atoms with van der Waals surface area (Å²) in [4.78, 5) is 2.75. The monoisotopic (exact) mass is 257 g/mol. The Kier molecular flexibility index (Phi) is 6.36. The molecular weight excluding hydrogens is 226 g/mol. The first-order valence-corrected chi connectivity index (χ1v) is 8.05. The lowest BCUT2D eigenvalue weighted by Crippen LogP contribution is -2.48. The van der Waals surface area contributed by atoms with E-state index < -0.39 is 0 Å². The third-order valence-electron chi connectivity index (χ3n) is 4.35. The standard InChI is InChI=1S/C15H31NS/c1-5-14(6-2)16(10-13(3)4)11-15(12-17)8-7-9-15/h13-14,17H,5-12H2,1-4H3. The van der Waals surface area contributed by atoms with Crippen LogP contribution < -0.4 is 0 Å². The second-order valence-corrected chi connectivity index (χ2v) is 6.62. The Hall–Kier alpha value is 0.310. The molecule has 0 aromatic carbocycles. The number of rotatable bonds is 8. The quantitative estimate of drug-likeness (QED) is 0.637. The zero-order valence-electron chi connectivity index (χ0n) is 12.2. The van der Waals surface area contributed by atoms with Crippen LogP contribution in [0.4, 0.5) is 0 Å². The van der Waals surface area contributed by atoms with Crippen molar-refractivity contribution in [2.75, 3.05) is 18.8 Å². The summed E-state index contributed by atoms with van der Waals surface area (Å²) in [6.45, 7) is 11.9. The van der Waals surface area contributed by atoms with Crippen molar-refractivity contribution in [2.24, 2.45) is 11.3 Å². The summed E-state index contributed by atoms with van der Waals surface area (Å²) in [5, 5.41) is 0. The van der Waals surface area contributed by atoms with Crippen molar-refractivity contribution in [2.45, 2.75) is 65.8 Å². The molecule has 0 aromatic rings. The van der Waals surface area contributed by atoms with Crippen LogP contribution in [0.25, 0.3) is 0 Å². The Morgan fingerprint density at radius 2 is 1.76 bits per heavy atom. The molecule has 0 amide bonds. The second kappa shape index (κ2) is 7.04. The molecule has 1 saturated carbocycles. The van der Waals surface area contributed by atoms with Crippen LogP contribution in [0.15, 0.2) is 0 Å². The van der Waals surface area contributed by atoms with Gasteiger partial charge in [-0.15, -0.1) is 0 Å². The van der Waals surface area contributed by atoms with Gasteiger partial charge >= 0.3 is 0 Å². The molecule has 0 N–H and O–H groups in total. The van der Waals surface area contributed by atoms with E-state index in [1.54, 1.807) is 0 Å². The van der Waals surface area contributed by atoms with Crippen molar-refractivity contribution in [1.82, 2.24) is 4.90 Å². The van der Waals surface area contributed by atoms with Crippen LogP contribution >= 0.6 is 12.6 Å². The summed E-state index contributed by atoms with van der Waals surface area (Å²) in [5.41, 5.74) is 0.542. The number of hydrogen-bond acceptors (Lipinski definition) is 2. The van der Waals surface area contributed by atoms with E-state index in [1.165, 1.54) is 45.2 Å². The van der Waals surface area contributed by atoms with Crippen molar-refractivity contribution < 1.29 is 0 Å². The molecule has 1 rings (SSSR count). The third-order valence-corrected chi connectivity index (χ3v) is 5.02. The molecule has 0 saturated heterocycles. The fourth-order valence-electron chi connectivity index (χ4n) is 3.09. The highest BCUT2D eigenvalue weighted by molar-refractivity contribution is 7.80. The van der Waals surface area contributed by atoms with Crippen LogP contribution in [0.1, 0.15) is 59.8 Å². The van der Waals surface area contributed by atoms with Crippen LogP contribution in [0.5, 0.6) is 0 Å². The summed E-state index contributed by atoms with van der Waals surface area (Å²) in [5.74, 6) is 1.84. The second-order valence-electron chi connectivity index (χ2n) is 6.31. The highest BCUT2D eigenvalue weighted by atomic mass is 32.1. The van der Waals surface area contributed by atoms with E-state index in [9.17, 15) is 0 Å². The minimum atomic E-state index is 0.542. The first-order valence-electron chi connectivity index (χ1n) is 7.41. The number of hydrogen-bond donors (Lipinski definition) is 1. The summed E-state index contributed by atoms with van der Waals surface area (Å²) in [7, 11) is 0. The van der Waals surface area contributed by atoms with Gasteiger partial charge in [0.15, 0.2) is 0 Å². The summed E-state index contributed by atoms with van der Waals surface area (Å²) >= 11 is 4.60. The fraction of sp³-hybridized carbons (Fsp3) is 1.00. The lowest BCUT2D eigenvalue weighted by atomic mass is 9.69. The average molecular weight is 257 g/mol. The minimum absolute atomic E-state index is 0.542. The van der Waals surface area contributed by atoms with E-state index in [0.29, 0.717) is 5.41 Å². The lowest BCUT2D eigenvalue weighted by molar-refractivity contribution is 0.0532. The molecule has 0 atom stereocenters.